The van der Waals surface area contributed by atoms with Crippen LogP contribution < -0.4 is 4.90 Å². The van der Waals surface area contributed by atoms with Crippen LogP contribution in [0, 0.1) is 0 Å². The number of ether oxygens (including phenoxy) is 1. The molecular formula is C20H18N2O3. The molecule has 5 nitrogen and oxygen atoms in total. The number of rotatable bonds is 3. The van der Waals surface area contributed by atoms with E-state index >= 15 is 0 Å². The summed E-state index contributed by atoms with van der Waals surface area (Å²) in [5.41, 5.74) is 3.26. The third-order valence-corrected chi connectivity index (χ3v) is 4.53. The molecule has 1 aliphatic rings. The predicted octanol–water partition coefficient (Wildman–Crippen LogP) is 3.30. The zero-order chi connectivity index (χ0) is 17.4. The Hall–Kier alpha value is -3.08. The number of esters is 1. The van der Waals surface area contributed by atoms with Crippen LogP contribution in [-0.2, 0) is 16.0 Å². The molecule has 126 valence electrons. The highest BCUT2D eigenvalue weighted by atomic mass is 16.5. The molecule has 0 bridgehead atoms. The van der Waals surface area contributed by atoms with Crippen molar-refractivity contribution in [2.75, 3.05) is 11.4 Å². The first-order valence-corrected chi connectivity index (χ1v) is 8.31. The minimum Gasteiger partial charge on any atom is -0.448 e. The molecule has 1 N–H and O–H groups in total. The Balaban J connectivity index is 1.49. The average Bonchev–Trinajstić information content (AvgIpc) is 3.25. The third kappa shape index (κ3) is 2.78. The summed E-state index contributed by atoms with van der Waals surface area (Å²) in [6.45, 7) is 2.23. The van der Waals surface area contributed by atoms with Gasteiger partial charge < -0.3 is 14.6 Å². The molecule has 0 saturated heterocycles. The van der Waals surface area contributed by atoms with E-state index in [1.807, 2.05) is 48.5 Å². The molecule has 5 heteroatoms. The van der Waals surface area contributed by atoms with Crippen LogP contribution in [0.25, 0.3) is 10.9 Å². The number of H-pyrrole nitrogens is 1. The summed E-state index contributed by atoms with van der Waals surface area (Å²) in [6.07, 6.45) is -0.0185. The van der Waals surface area contributed by atoms with Crippen LogP contribution in [0.5, 0.6) is 0 Å². The Morgan fingerprint density at radius 3 is 2.72 bits per heavy atom. The lowest BCUT2D eigenvalue weighted by atomic mass is 10.2. The van der Waals surface area contributed by atoms with Crippen molar-refractivity contribution >= 4 is 28.5 Å². The summed E-state index contributed by atoms with van der Waals surface area (Å²) in [5, 5.41) is 0.932. The van der Waals surface area contributed by atoms with Crippen molar-refractivity contribution in [1.29, 1.82) is 0 Å². The van der Waals surface area contributed by atoms with Gasteiger partial charge in [0.25, 0.3) is 5.91 Å². The van der Waals surface area contributed by atoms with Crippen molar-refractivity contribution in [1.82, 2.24) is 4.98 Å². The monoisotopic (exact) mass is 334 g/mol. The highest BCUT2D eigenvalue weighted by molar-refractivity contribution is 6.01. The number of aromatic amines is 1. The summed E-state index contributed by atoms with van der Waals surface area (Å²) >= 11 is 0. The molecule has 1 aromatic heterocycles. The second-order valence-corrected chi connectivity index (χ2v) is 6.19. The van der Waals surface area contributed by atoms with E-state index in [9.17, 15) is 9.59 Å². The number of nitrogens with one attached hydrogen (secondary N) is 1. The molecule has 2 aromatic carbocycles. The van der Waals surface area contributed by atoms with Gasteiger partial charge in [-0.25, -0.2) is 4.79 Å². The van der Waals surface area contributed by atoms with Crippen molar-refractivity contribution in [2.45, 2.75) is 19.4 Å². The molecule has 2 heterocycles. The van der Waals surface area contributed by atoms with Crippen molar-refractivity contribution in [3.05, 3.63) is 65.9 Å². The third-order valence-electron chi connectivity index (χ3n) is 4.53. The van der Waals surface area contributed by atoms with Gasteiger partial charge in [0.2, 0.25) is 0 Å². The number of aromatic nitrogens is 1. The Kier molecular flexibility index (Phi) is 3.76. The number of carbonyl (C=O) groups is 2. The molecule has 1 unspecified atom stereocenters. The number of amides is 1. The maximum Gasteiger partial charge on any atom is 0.355 e. The molecule has 1 aliphatic heterocycles. The van der Waals surface area contributed by atoms with Gasteiger partial charge in [-0.1, -0.05) is 36.4 Å². The zero-order valence-corrected chi connectivity index (χ0v) is 13.9. The van der Waals surface area contributed by atoms with Crippen LogP contribution >= 0.6 is 0 Å². The van der Waals surface area contributed by atoms with Crippen molar-refractivity contribution < 1.29 is 14.3 Å². The van der Waals surface area contributed by atoms with E-state index in [1.165, 1.54) is 0 Å². The molecular weight excluding hydrogens is 316 g/mol. The summed E-state index contributed by atoms with van der Waals surface area (Å²) < 4.78 is 5.39. The number of anilines is 1. The second kappa shape index (κ2) is 6.09. The highest BCUT2D eigenvalue weighted by Crippen LogP contribution is 2.28. The van der Waals surface area contributed by atoms with Crippen LogP contribution in [0.3, 0.4) is 0 Å². The van der Waals surface area contributed by atoms with Gasteiger partial charge in [0.15, 0.2) is 6.10 Å². The lowest BCUT2D eigenvalue weighted by Gasteiger charge is -2.21. The van der Waals surface area contributed by atoms with Gasteiger partial charge in [-0.05, 0) is 37.1 Å². The normalized spacial score (nSPS) is 14.4. The fraction of sp³-hybridized carbons (Fsp3) is 0.200. The number of hydrogen-bond donors (Lipinski definition) is 1. The molecule has 0 fully saturated rings. The van der Waals surface area contributed by atoms with Gasteiger partial charge in [0.05, 0.1) is 0 Å². The lowest BCUT2D eigenvalue weighted by Crippen LogP contribution is -2.39. The minimum absolute atomic E-state index is 0.200. The molecule has 3 aromatic rings. The van der Waals surface area contributed by atoms with E-state index in [-0.39, 0.29) is 5.91 Å². The first-order chi connectivity index (χ1) is 12.1. The fourth-order valence-corrected chi connectivity index (χ4v) is 3.24. The van der Waals surface area contributed by atoms with Gasteiger partial charge >= 0.3 is 5.97 Å². The van der Waals surface area contributed by atoms with E-state index < -0.39 is 12.1 Å². The van der Waals surface area contributed by atoms with E-state index in [4.69, 9.17) is 4.74 Å². The summed E-state index contributed by atoms with van der Waals surface area (Å²) in [7, 11) is 0. The van der Waals surface area contributed by atoms with E-state index in [2.05, 4.69) is 4.98 Å². The maximum absolute atomic E-state index is 12.7. The summed E-state index contributed by atoms with van der Waals surface area (Å²) in [4.78, 5) is 29.8. The molecule has 1 amide bonds. The van der Waals surface area contributed by atoms with Crippen molar-refractivity contribution in [3.8, 4) is 0 Å². The predicted molar refractivity (Wildman–Crippen MR) is 95.7 cm³/mol. The number of benzene rings is 2. The van der Waals surface area contributed by atoms with Gasteiger partial charge in [-0.2, -0.15) is 0 Å². The van der Waals surface area contributed by atoms with E-state index in [1.54, 1.807) is 17.9 Å². The quantitative estimate of drug-likeness (QED) is 0.748. The summed E-state index contributed by atoms with van der Waals surface area (Å²) in [5.74, 6) is -0.723. The summed E-state index contributed by atoms with van der Waals surface area (Å²) in [6, 6.07) is 17.2. The van der Waals surface area contributed by atoms with Crippen LogP contribution in [0.15, 0.2) is 54.6 Å². The van der Waals surface area contributed by atoms with Crippen molar-refractivity contribution in [3.63, 3.8) is 0 Å². The Bertz CT molecular complexity index is 927. The van der Waals surface area contributed by atoms with E-state index in [0.29, 0.717) is 12.2 Å². The van der Waals surface area contributed by atoms with Crippen LogP contribution in [0.1, 0.15) is 23.0 Å². The topological polar surface area (TPSA) is 62.4 Å². The smallest absolute Gasteiger partial charge is 0.355 e. The average molecular weight is 334 g/mol. The Labute approximate surface area is 145 Å². The number of carbonyl (C=O) groups excluding carboxylic acids is 2. The molecule has 1 atom stereocenters. The van der Waals surface area contributed by atoms with Crippen LogP contribution in [-0.4, -0.2) is 29.5 Å². The van der Waals surface area contributed by atoms with Gasteiger partial charge in [-0.15, -0.1) is 0 Å². The highest BCUT2D eigenvalue weighted by Gasteiger charge is 2.30. The number of nitrogens with zero attached hydrogens (tertiary/aromatic N) is 1. The van der Waals surface area contributed by atoms with Crippen LogP contribution in [0.4, 0.5) is 5.69 Å². The largest absolute Gasteiger partial charge is 0.448 e. The first kappa shape index (κ1) is 15.4. The lowest BCUT2D eigenvalue weighted by molar-refractivity contribution is -0.126. The van der Waals surface area contributed by atoms with Gasteiger partial charge in [0.1, 0.15) is 5.69 Å². The number of fused-ring (bicyclic) bond motifs is 2. The number of para-hydroxylation sites is 2. The second-order valence-electron chi connectivity index (χ2n) is 6.19. The first-order valence-electron chi connectivity index (χ1n) is 8.31. The molecule has 4 rings (SSSR count). The van der Waals surface area contributed by atoms with Crippen LogP contribution in [0.2, 0.25) is 0 Å². The standard InChI is InChI=1S/C20H18N2O3/c1-13(19(23)22-11-10-14-6-3-5-9-18(14)22)25-20(24)17-12-15-7-2-4-8-16(15)21-17/h2-9,12-13,21H,10-11H2,1H3. The minimum atomic E-state index is -0.843. The van der Waals surface area contributed by atoms with E-state index in [0.717, 1.165) is 28.6 Å². The molecule has 0 radical (unpaired) electrons. The molecule has 0 spiro atoms. The zero-order valence-electron chi connectivity index (χ0n) is 13.9. The SMILES string of the molecule is CC(OC(=O)c1cc2ccccc2[nH]1)C(=O)N1CCc2ccccc21. The number of hydrogen-bond acceptors (Lipinski definition) is 3. The Morgan fingerprint density at radius 1 is 1.12 bits per heavy atom. The molecule has 0 saturated carbocycles. The van der Waals surface area contributed by atoms with Crippen molar-refractivity contribution in [2.24, 2.45) is 0 Å². The Morgan fingerprint density at radius 2 is 1.88 bits per heavy atom. The molecule has 25 heavy (non-hydrogen) atoms. The molecule has 0 aliphatic carbocycles. The van der Waals surface area contributed by atoms with Gasteiger partial charge in [0, 0.05) is 23.1 Å². The fourth-order valence-electron chi connectivity index (χ4n) is 3.24. The maximum atomic E-state index is 12.7. The van der Waals surface area contributed by atoms with Gasteiger partial charge in [-0.3, -0.25) is 4.79 Å².